The SMILES string of the molecule is O=S(=O)(O)CCSC1CC2CC3CCC1C(C3)C2. The summed E-state index contributed by atoms with van der Waals surface area (Å²) in [6.07, 6.45) is 8.30. The molecule has 104 valence electrons. The van der Waals surface area contributed by atoms with Gasteiger partial charge in [-0.05, 0) is 55.8 Å². The molecule has 3 bridgehead atoms. The summed E-state index contributed by atoms with van der Waals surface area (Å²) in [5.41, 5.74) is 0. The van der Waals surface area contributed by atoms with Crippen molar-refractivity contribution in [3.05, 3.63) is 0 Å². The average molecular weight is 290 g/mol. The van der Waals surface area contributed by atoms with Crippen molar-refractivity contribution in [3.63, 3.8) is 0 Å². The van der Waals surface area contributed by atoms with Gasteiger partial charge in [0.15, 0.2) is 0 Å². The maximum absolute atomic E-state index is 10.8. The van der Waals surface area contributed by atoms with Gasteiger partial charge in [0.25, 0.3) is 10.1 Å². The maximum atomic E-state index is 10.8. The molecule has 0 heterocycles. The van der Waals surface area contributed by atoms with Crippen molar-refractivity contribution >= 4 is 21.9 Å². The fraction of sp³-hybridized carbons (Fsp3) is 1.00. The van der Waals surface area contributed by atoms with E-state index in [1.165, 1.54) is 38.5 Å². The minimum atomic E-state index is -3.78. The largest absolute Gasteiger partial charge is 0.286 e. The lowest BCUT2D eigenvalue weighted by atomic mass is 9.57. The van der Waals surface area contributed by atoms with Crippen LogP contribution in [0.25, 0.3) is 0 Å². The van der Waals surface area contributed by atoms with Gasteiger partial charge in [-0.2, -0.15) is 20.2 Å². The first-order chi connectivity index (χ1) is 8.51. The van der Waals surface area contributed by atoms with E-state index in [0.717, 1.165) is 23.7 Å². The van der Waals surface area contributed by atoms with Crippen LogP contribution in [0.2, 0.25) is 0 Å². The third kappa shape index (κ3) is 2.88. The highest BCUT2D eigenvalue weighted by molar-refractivity contribution is 8.00. The Balaban J connectivity index is 1.59. The van der Waals surface area contributed by atoms with Crippen molar-refractivity contribution in [1.82, 2.24) is 0 Å². The van der Waals surface area contributed by atoms with E-state index in [-0.39, 0.29) is 5.75 Å². The second-order valence-corrected chi connectivity index (χ2v) is 9.29. The van der Waals surface area contributed by atoms with Gasteiger partial charge >= 0.3 is 0 Å². The summed E-state index contributed by atoms with van der Waals surface area (Å²) in [6, 6.07) is 0. The monoisotopic (exact) mass is 290 g/mol. The lowest BCUT2D eigenvalue weighted by molar-refractivity contribution is 0.0371. The molecule has 3 fully saturated rings. The first-order valence-electron chi connectivity index (χ1n) is 7.08. The van der Waals surface area contributed by atoms with Gasteiger partial charge in [0.1, 0.15) is 0 Å². The number of hydrogen-bond acceptors (Lipinski definition) is 3. The highest BCUT2D eigenvalue weighted by atomic mass is 32.2. The molecule has 0 aromatic heterocycles. The van der Waals surface area contributed by atoms with Crippen molar-refractivity contribution in [2.45, 2.75) is 43.8 Å². The Bertz CT molecular complexity index is 400. The first kappa shape index (κ1) is 13.3. The maximum Gasteiger partial charge on any atom is 0.265 e. The zero-order valence-electron chi connectivity index (χ0n) is 10.6. The molecule has 5 unspecified atom stereocenters. The Hall–Kier alpha value is 0.260. The zero-order valence-corrected chi connectivity index (χ0v) is 12.3. The molecule has 0 aromatic rings. The van der Waals surface area contributed by atoms with E-state index in [1.54, 1.807) is 11.8 Å². The van der Waals surface area contributed by atoms with Crippen LogP contribution in [-0.2, 0) is 10.1 Å². The lowest BCUT2D eigenvalue weighted by Gasteiger charge is -2.51. The zero-order chi connectivity index (χ0) is 12.8. The van der Waals surface area contributed by atoms with E-state index in [9.17, 15) is 8.42 Å². The van der Waals surface area contributed by atoms with E-state index in [0.29, 0.717) is 11.0 Å². The second kappa shape index (κ2) is 4.98. The molecule has 0 radical (unpaired) electrons. The normalized spacial score (nSPS) is 43.1. The topological polar surface area (TPSA) is 54.4 Å². The van der Waals surface area contributed by atoms with Crippen LogP contribution < -0.4 is 0 Å². The third-order valence-electron chi connectivity index (χ3n) is 5.17. The van der Waals surface area contributed by atoms with E-state index in [2.05, 4.69) is 0 Å². The Morgan fingerprint density at radius 1 is 1.06 bits per heavy atom. The van der Waals surface area contributed by atoms with Crippen molar-refractivity contribution in [2.24, 2.45) is 23.7 Å². The summed E-state index contributed by atoms with van der Waals surface area (Å²) in [7, 11) is -3.78. The van der Waals surface area contributed by atoms with Gasteiger partial charge in [0, 0.05) is 11.0 Å². The molecule has 3 nitrogen and oxygen atoms in total. The molecule has 3 saturated carbocycles. The smallest absolute Gasteiger partial charge is 0.265 e. The fourth-order valence-corrected chi connectivity index (χ4v) is 7.09. The van der Waals surface area contributed by atoms with Crippen LogP contribution in [0.15, 0.2) is 0 Å². The predicted molar refractivity (Wildman–Crippen MR) is 74.3 cm³/mol. The average Bonchev–Trinajstić information content (AvgIpc) is 2.25. The Labute approximate surface area is 114 Å². The molecule has 3 aliphatic carbocycles. The van der Waals surface area contributed by atoms with Gasteiger partial charge in [-0.1, -0.05) is 6.42 Å². The molecule has 0 saturated heterocycles. The molecule has 0 aliphatic heterocycles. The highest BCUT2D eigenvalue weighted by Crippen LogP contribution is 2.54. The van der Waals surface area contributed by atoms with Crippen LogP contribution in [0.4, 0.5) is 0 Å². The molecule has 5 heteroatoms. The lowest BCUT2D eigenvalue weighted by Crippen LogP contribution is -2.43. The highest BCUT2D eigenvalue weighted by Gasteiger charge is 2.45. The van der Waals surface area contributed by atoms with Crippen molar-refractivity contribution in [1.29, 1.82) is 0 Å². The standard InChI is InChI=1S/C13H22O3S2/c14-18(15,16)4-3-17-13-8-10-5-9-1-2-12(13)11(6-9)7-10/h9-13H,1-8H2,(H,14,15,16). The summed E-state index contributed by atoms with van der Waals surface area (Å²) in [6.45, 7) is 0. The first-order valence-corrected chi connectivity index (χ1v) is 9.74. The van der Waals surface area contributed by atoms with Crippen LogP contribution in [0.5, 0.6) is 0 Å². The van der Waals surface area contributed by atoms with Crippen LogP contribution in [0.1, 0.15) is 38.5 Å². The van der Waals surface area contributed by atoms with E-state index in [1.807, 2.05) is 0 Å². The van der Waals surface area contributed by atoms with E-state index >= 15 is 0 Å². The van der Waals surface area contributed by atoms with Gasteiger partial charge in [-0.3, -0.25) is 4.55 Å². The van der Waals surface area contributed by atoms with Crippen LogP contribution in [-0.4, -0.2) is 29.7 Å². The molecule has 5 atom stereocenters. The van der Waals surface area contributed by atoms with Gasteiger partial charge in [-0.15, -0.1) is 0 Å². The summed E-state index contributed by atoms with van der Waals surface area (Å²) < 4.78 is 30.3. The van der Waals surface area contributed by atoms with Gasteiger partial charge in [-0.25, -0.2) is 0 Å². The number of hydrogen-bond donors (Lipinski definition) is 1. The Morgan fingerprint density at radius 3 is 2.61 bits per heavy atom. The van der Waals surface area contributed by atoms with Gasteiger partial charge < -0.3 is 0 Å². The van der Waals surface area contributed by atoms with E-state index < -0.39 is 10.1 Å². The summed E-state index contributed by atoms with van der Waals surface area (Å²) >= 11 is 1.80. The van der Waals surface area contributed by atoms with Crippen molar-refractivity contribution in [3.8, 4) is 0 Å². The quantitative estimate of drug-likeness (QED) is 0.809. The van der Waals surface area contributed by atoms with Crippen LogP contribution >= 0.6 is 11.8 Å². The molecular weight excluding hydrogens is 268 g/mol. The Kier molecular flexibility index (Phi) is 3.67. The molecule has 0 spiro atoms. The number of rotatable bonds is 4. The molecule has 0 amide bonds. The molecule has 0 aromatic carbocycles. The number of fused-ring (bicyclic) bond motifs is 2. The van der Waals surface area contributed by atoms with Crippen LogP contribution in [0.3, 0.4) is 0 Å². The van der Waals surface area contributed by atoms with Crippen molar-refractivity contribution < 1.29 is 13.0 Å². The third-order valence-corrected chi connectivity index (χ3v) is 7.56. The Morgan fingerprint density at radius 2 is 1.83 bits per heavy atom. The van der Waals surface area contributed by atoms with Gasteiger partial charge in [0.05, 0.1) is 5.75 Å². The summed E-state index contributed by atoms with van der Waals surface area (Å²) in [5.74, 6) is 4.10. The minimum absolute atomic E-state index is 0.0845. The van der Waals surface area contributed by atoms with Crippen molar-refractivity contribution in [2.75, 3.05) is 11.5 Å². The molecule has 1 N–H and O–H groups in total. The summed E-state index contributed by atoms with van der Waals surface area (Å²) in [4.78, 5) is 0. The predicted octanol–water partition coefficient (Wildman–Crippen LogP) is 2.82. The number of thioether (sulfide) groups is 1. The molecule has 18 heavy (non-hydrogen) atoms. The van der Waals surface area contributed by atoms with Crippen LogP contribution in [0, 0.1) is 23.7 Å². The minimum Gasteiger partial charge on any atom is -0.286 e. The molecule has 3 rings (SSSR count). The van der Waals surface area contributed by atoms with E-state index in [4.69, 9.17) is 4.55 Å². The summed E-state index contributed by atoms with van der Waals surface area (Å²) in [5, 5.41) is 0.650. The molecular formula is C13H22O3S2. The second-order valence-electron chi connectivity index (χ2n) is 6.37. The molecule has 3 aliphatic rings. The van der Waals surface area contributed by atoms with Gasteiger partial charge in [0.2, 0.25) is 0 Å². The fourth-order valence-electron chi connectivity index (χ4n) is 4.55.